The van der Waals surface area contributed by atoms with Gasteiger partial charge in [-0.15, -0.1) is 0 Å². The summed E-state index contributed by atoms with van der Waals surface area (Å²) in [5.74, 6) is -0.515. The molecule has 0 aliphatic rings. The number of carbonyl (C=O) groups is 1. The standard InChI is InChI=1S/C18H22N2O4S/c21-18(15-24-14-17-9-5-2-6-10-17)19-11-12-25(22,23)20-13-16-7-3-1-4-8-16/h1-10,20H,11-15H2,(H,19,21). The number of amides is 1. The first-order chi connectivity index (χ1) is 12.1. The lowest BCUT2D eigenvalue weighted by Gasteiger charge is -2.08. The van der Waals surface area contributed by atoms with Crippen LogP contribution in [0, 0.1) is 0 Å². The molecule has 0 heterocycles. The smallest absolute Gasteiger partial charge is 0.246 e. The minimum atomic E-state index is -3.44. The van der Waals surface area contributed by atoms with Gasteiger partial charge in [0.2, 0.25) is 15.9 Å². The average Bonchev–Trinajstić information content (AvgIpc) is 2.62. The maximum Gasteiger partial charge on any atom is 0.246 e. The number of ether oxygens (including phenoxy) is 1. The van der Waals surface area contributed by atoms with Crippen molar-refractivity contribution in [2.24, 2.45) is 0 Å². The first kappa shape index (κ1) is 19.1. The molecule has 0 unspecified atom stereocenters. The Labute approximate surface area is 148 Å². The third-order valence-electron chi connectivity index (χ3n) is 3.38. The molecule has 0 atom stereocenters. The highest BCUT2D eigenvalue weighted by molar-refractivity contribution is 7.89. The first-order valence-corrected chi connectivity index (χ1v) is 9.60. The molecule has 2 N–H and O–H groups in total. The van der Waals surface area contributed by atoms with Crippen LogP contribution in [0.15, 0.2) is 60.7 Å². The lowest BCUT2D eigenvalue weighted by atomic mass is 10.2. The molecule has 25 heavy (non-hydrogen) atoms. The van der Waals surface area contributed by atoms with E-state index in [1.54, 1.807) is 0 Å². The van der Waals surface area contributed by atoms with Crippen LogP contribution in [-0.4, -0.2) is 33.2 Å². The summed E-state index contributed by atoms with van der Waals surface area (Å²) in [5.41, 5.74) is 1.85. The van der Waals surface area contributed by atoms with E-state index in [0.29, 0.717) is 6.61 Å². The summed E-state index contributed by atoms with van der Waals surface area (Å²) in [7, 11) is -3.44. The van der Waals surface area contributed by atoms with Crippen molar-refractivity contribution in [1.29, 1.82) is 0 Å². The van der Waals surface area contributed by atoms with Gasteiger partial charge in [0, 0.05) is 13.1 Å². The van der Waals surface area contributed by atoms with E-state index in [1.165, 1.54) is 0 Å². The molecule has 0 saturated carbocycles. The Hall–Kier alpha value is -2.22. The third-order valence-corrected chi connectivity index (χ3v) is 4.70. The van der Waals surface area contributed by atoms with Gasteiger partial charge in [-0.3, -0.25) is 4.79 Å². The number of rotatable bonds is 10. The molecule has 1 amide bonds. The number of nitrogens with one attached hydrogen (secondary N) is 2. The maximum atomic E-state index is 11.9. The molecule has 2 rings (SSSR count). The highest BCUT2D eigenvalue weighted by Gasteiger charge is 2.10. The molecule has 0 fully saturated rings. The van der Waals surface area contributed by atoms with E-state index in [-0.39, 0.29) is 31.4 Å². The first-order valence-electron chi connectivity index (χ1n) is 7.95. The van der Waals surface area contributed by atoms with Crippen LogP contribution in [-0.2, 0) is 32.7 Å². The maximum absolute atomic E-state index is 11.9. The monoisotopic (exact) mass is 362 g/mol. The van der Waals surface area contributed by atoms with Crippen LogP contribution in [0.4, 0.5) is 0 Å². The Morgan fingerprint density at radius 2 is 1.52 bits per heavy atom. The highest BCUT2D eigenvalue weighted by Crippen LogP contribution is 2.00. The van der Waals surface area contributed by atoms with E-state index >= 15 is 0 Å². The Morgan fingerprint density at radius 1 is 0.920 bits per heavy atom. The molecule has 0 saturated heterocycles. The fourth-order valence-corrected chi connectivity index (χ4v) is 2.97. The van der Waals surface area contributed by atoms with Gasteiger partial charge in [0.15, 0.2) is 0 Å². The number of hydrogen-bond donors (Lipinski definition) is 2. The molecular weight excluding hydrogens is 340 g/mol. The zero-order chi connectivity index (χ0) is 18.0. The van der Waals surface area contributed by atoms with Gasteiger partial charge in [0.05, 0.1) is 12.4 Å². The van der Waals surface area contributed by atoms with Gasteiger partial charge in [-0.2, -0.15) is 0 Å². The second kappa shape index (κ2) is 9.93. The topological polar surface area (TPSA) is 84.5 Å². The number of sulfonamides is 1. The summed E-state index contributed by atoms with van der Waals surface area (Å²) >= 11 is 0. The Balaban J connectivity index is 1.61. The van der Waals surface area contributed by atoms with E-state index in [9.17, 15) is 13.2 Å². The minimum absolute atomic E-state index is 0.0393. The Morgan fingerprint density at radius 3 is 2.16 bits per heavy atom. The summed E-state index contributed by atoms with van der Waals surface area (Å²) in [6, 6.07) is 18.8. The molecule has 0 aliphatic heterocycles. The lowest BCUT2D eigenvalue weighted by Crippen LogP contribution is -2.35. The van der Waals surface area contributed by atoms with Crippen LogP contribution in [0.1, 0.15) is 11.1 Å². The van der Waals surface area contributed by atoms with Crippen LogP contribution in [0.5, 0.6) is 0 Å². The predicted molar refractivity (Wildman–Crippen MR) is 96.2 cm³/mol. The van der Waals surface area contributed by atoms with Gasteiger partial charge in [0.1, 0.15) is 6.61 Å². The second-order valence-corrected chi connectivity index (χ2v) is 7.38. The molecule has 0 radical (unpaired) electrons. The van der Waals surface area contributed by atoms with Crippen LogP contribution in [0.3, 0.4) is 0 Å². The minimum Gasteiger partial charge on any atom is -0.367 e. The normalized spacial score (nSPS) is 11.2. The highest BCUT2D eigenvalue weighted by atomic mass is 32.2. The molecular formula is C18H22N2O4S. The second-order valence-electron chi connectivity index (χ2n) is 5.45. The predicted octanol–water partition coefficient (Wildman–Crippen LogP) is 1.44. The van der Waals surface area contributed by atoms with Gasteiger partial charge in [-0.1, -0.05) is 60.7 Å². The molecule has 0 bridgehead atoms. The fourth-order valence-electron chi connectivity index (χ4n) is 2.07. The van der Waals surface area contributed by atoms with Crippen LogP contribution in [0.2, 0.25) is 0 Å². The van der Waals surface area contributed by atoms with Crippen molar-refractivity contribution in [1.82, 2.24) is 10.0 Å². The van der Waals surface area contributed by atoms with Gasteiger partial charge < -0.3 is 10.1 Å². The van der Waals surface area contributed by atoms with E-state index in [4.69, 9.17) is 4.74 Å². The van der Waals surface area contributed by atoms with Crippen molar-refractivity contribution in [3.05, 3.63) is 71.8 Å². The summed E-state index contributed by atoms with van der Waals surface area (Å²) < 4.78 is 31.6. The van der Waals surface area contributed by atoms with Gasteiger partial charge >= 0.3 is 0 Å². The number of hydrogen-bond acceptors (Lipinski definition) is 4. The van der Waals surface area contributed by atoms with E-state index < -0.39 is 10.0 Å². The van der Waals surface area contributed by atoms with Crippen LogP contribution in [0.25, 0.3) is 0 Å². The van der Waals surface area contributed by atoms with Crippen molar-refractivity contribution in [3.63, 3.8) is 0 Å². The van der Waals surface area contributed by atoms with Crippen molar-refractivity contribution in [2.45, 2.75) is 13.2 Å². The van der Waals surface area contributed by atoms with Crippen molar-refractivity contribution in [3.8, 4) is 0 Å². The molecule has 134 valence electrons. The summed E-state index contributed by atoms with van der Waals surface area (Å²) in [4.78, 5) is 11.6. The zero-order valence-electron chi connectivity index (χ0n) is 13.9. The fraction of sp³-hybridized carbons (Fsp3) is 0.278. The van der Waals surface area contributed by atoms with Gasteiger partial charge in [0.25, 0.3) is 0 Å². The van der Waals surface area contributed by atoms with Gasteiger partial charge in [-0.05, 0) is 11.1 Å². The molecule has 0 spiro atoms. The molecule has 0 aliphatic carbocycles. The SMILES string of the molecule is O=C(COCc1ccccc1)NCCS(=O)(=O)NCc1ccccc1. The molecule has 0 aromatic heterocycles. The quantitative estimate of drug-likeness (QED) is 0.670. The van der Waals surface area contributed by atoms with E-state index in [1.807, 2.05) is 60.7 Å². The zero-order valence-corrected chi connectivity index (χ0v) is 14.7. The summed E-state index contributed by atoms with van der Waals surface area (Å²) in [6.07, 6.45) is 0. The van der Waals surface area contributed by atoms with Crippen LogP contribution >= 0.6 is 0 Å². The average molecular weight is 362 g/mol. The van der Waals surface area contributed by atoms with Crippen LogP contribution < -0.4 is 10.0 Å². The largest absolute Gasteiger partial charge is 0.367 e. The third kappa shape index (κ3) is 7.93. The van der Waals surface area contributed by atoms with Crippen molar-refractivity contribution < 1.29 is 17.9 Å². The van der Waals surface area contributed by atoms with Crippen molar-refractivity contribution in [2.75, 3.05) is 18.9 Å². The molecule has 2 aromatic carbocycles. The number of carbonyl (C=O) groups excluding carboxylic acids is 1. The Kier molecular flexibility index (Phi) is 7.59. The van der Waals surface area contributed by atoms with Crippen molar-refractivity contribution >= 4 is 15.9 Å². The van der Waals surface area contributed by atoms with E-state index in [0.717, 1.165) is 11.1 Å². The summed E-state index contributed by atoms with van der Waals surface area (Å²) in [6.45, 7) is 0.506. The molecule has 7 heteroatoms. The Bertz CT molecular complexity index is 749. The van der Waals surface area contributed by atoms with E-state index in [2.05, 4.69) is 10.0 Å². The lowest BCUT2D eigenvalue weighted by molar-refractivity contribution is -0.125. The number of benzene rings is 2. The molecule has 6 nitrogen and oxygen atoms in total. The van der Waals surface area contributed by atoms with Gasteiger partial charge in [-0.25, -0.2) is 13.1 Å². The summed E-state index contributed by atoms with van der Waals surface area (Å²) in [5, 5.41) is 2.54. The molecule has 2 aromatic rings.